The lowest BCUT2D eigenvalue weighted by Gasteiger charge is -2.04. The van der Waals surface area contributed by atoms with Crippen LogP contribution in [0.25, 0.3) is 21.3 Å². The minimum Gasteiger partial charge on any atom is -0.486 e. The van der Waals surface area contributed by atoms with Gasteiger partial charge in [0, 0.05) is 21.7 Å². The van der Waals surface area contributed by atoms with Crippen molar-refractivity contribution in [1.29, 1.82) is 0 Å². The average molecular weight is 310 g/mol. The Labute approximate surface area is 129 Å². The van der Waals surface area contributed by atoms with Gasteiger partial charge in [0.2, 0.25) is 0 Å². The van der Waals surface area contributed by atoms with E-state index < -0.39 is 5.91 Å². The summed E-state index contributed by atoms with van der Waals surface area (Å²) < 4.78 is 5.61. The highest BCUT2D eigenvalue weighted by Crippen LogP contribution is 2.23. The third-order valence-electron chi connectivity index (χ3n) is 2.96. The zero-order valence-corrected chi connectivity index (χ0v) is 12.2. The topological polar surface area (TPSA) is 88.0 Å². The van der Waals surface area contributed by atoms with Crippen LogP contribution in [0.4, 0.5) is 0 Å². The van der Waals surface area contributed by atoms with Crippen LogP contribution < -0.4 is 4.74 Å². The SMILES string of the molecule is [N-]=[N+]=NC(=O)c1cc(OCc2ccc3ccccc3n2)cs1. The van der Waals surface area contributed by atoms with Crippen LogP contribution in [0.1, 0.15) is 15.4 Å². The number of amides is 1. The Bertz CT molecular complexity index is 884. The Hall–Kier alpha value is -2.89. The van der Waals surface area contributed by atoms with Crippen molar-refractivity contribution in [3.63, 3.8) is 0 Å². The maximum absolute atomic E-state index is 11.4. The van der Waals surface area contributed by atoms with Gasteiger partial charge in [-0.05, 0) is 22.8 Å². The van der Waals surface area contributed by atoms with Crippen molar-refractivity contribution >= 4 is 28.1 Å². The van der Waals surface area contributed by atoms with Crippen molar-refractivity contribution in [2.75, 3.05) is 0 Å². The van der Waals surface area contributed by atoms with Crippen molar-refractivity contribution < 1.29 is 9.53 Å². The second-order valence-corrected chi connectivity index (χ2v) is 5.34. The predicted molar refractivity (Wildman–Crippen MR) is 83.9 cm³/mol. The van der Waals surface area contributed by atoms with E-state index >= 15 is 0 Å². The number of hydrogen-bond donors (Lipinski definition) is 0. The van der Waals surface area contributed by atoms with E-state index in [1.54, 1.807) is 11.4 Å². The number of ether oxygens (including phenoxy) is 1. The molecule has 6 nitrogen and oxygen atoms in total. The van der Waals surface area contributed by atoms with E-state index in [1.807, 2.05) is 36.4 Å². The third-order valence-corrected chi connectivity index (χ3v) is 3.86. The molecule has 0 aliphatic rings. The molecule has 0 fully saturated rings. The Balaban J connectivity index is 1.71. The molecule has 0 atom stereocenters. The number of fused-ring (bicyclic) bond motifs is 1. The van der Waals surface area contributed by atoms with Crippen LogP contribution in [0.2, 0.25) is 0 Å². The van der Waals surface area contributed by atoms with E-state index in [0.29, 0.717) is 17.2 Å². The van der Waals surface area contributed by atoms with Gasteiger partial charge >= 0.3 is 0 Å². The highest BCUT2D eigenvalue weighted by molar-refractivity contribution is 7.12. The van der Waals surface area contributed by atoms with Crippen molar-refractivity contribution in [1.82, 2.24) is 4.98 Å². The fourth-order valence-corrected chi connectivity index (χ4v) is 2.65. The van der Waals surface area contributed by atoms with E-state index in [2.05, 4.69) is 15.0 Å². The van der Waals surface area contributed by atoms with Crippen LogP contribution in [0, 0.1) is 0 Å². The van der Waals surface area contributed by atoms with Crippen molar-refractivity contribution in [2.45, 2.75) is 6.61 Å². The van der Waals surface area contributed by atoms with Crippen LogP contribution in [0.3, 0.4) is 0 Å². The maximum atomic E-state index is 11.4. The summed E-state index contributed by atoms with van der Waals surface area (Å²) in [5, 5.41) is 5.81. The maximum Gasteiger partial charge on any atom is 0.259 e. The van der Waals surface area contributed by atoms with Gasteiger partial charge in [0.15, 0.2) is 0 Å². The fourth-order valence-electron chi connectivity index (χ4n) is 1.94. The van der Waals surface area contributed by atoms with Gasteiger partial charge in [-0.15, -0.1) is 11.3 Å². The average Bonchev–Trinajstić information content (AvgIpc) is 3.02. The third kappa shape index (κ3) is 3.06. The molecule has 0 aliphatic heterocycles. The van der Waals surface area contributed by atoms with Gasteiger partial charge in [0.25, 0.3) is 5.91 Å². The first-order valence-corrected chi connectivity index (χ1v) is 7.29. The fraction of sp³-hybridized carbons (Fsp3) is 0.0667. The van der Waals surface area contributed by atoms with Gasteiger partial charge in [0.05, 0.1) is 16.1 Å². The molecule has 0 saturated carbocycles. The summed E-state index contributed by atoms with van der Waals surface area (Å²) in [5.41, 5.74) is 9.96. The summed E-state index contributed by atoms with van der Waals surface area (Å²) in [4.78, 5) is 18.7. The van der Waals surface area contributed by atoms with Crippen LogP contribution in [-0.4, -0.2) is 10.9 Å². The molecule has 3 rings (SSSR count). The molecule has 1 amide bonds. The van der Waals surface area contributed by atoms with Crippen LogP contribution in [0.15, 0.2) is 53.0 Å². The lowest BCUT2D eigenvalue weighted by Crippen LogP contribution is -1.97. The molecule has 22 heavy (non-hydrogen) atoms. The molecule has 0 aliphatic carbocycles. The Kier molecular flexibility index (Phi) is 4.00. The van der Waals surface area contributed by atoms with Crippen LogP contribution in [0.5, 0.6) is 5.75 Å². The molecule has 0 saturated heterocycles. The summed E-state index contributed by atoms with van der Waals surface area (Å²) in [5.74, 6) is -0.0531. The van der Waals surface area contributed by atoms with Gasteiger partial charge in [-0.1, -0.05) is 24.3 Å². The second-order valence-electron chi connectivity index (χ2n) is 4.43. The number of benzene rings is 1. The smallest absolute Gasteiger partial charge is 0.259 e. The number of pyridine rings is 1. The van der Waals surface area contributed by atoms with Crippen LogP contribution >= 0.6 is 11.3 Å². The van der Waals surface area contributed by atoms with Crippen molar-refractivity contribution in [3.8, 4) is 5.75 Å². The van der Waals surface area contributed by atoms with E-state index in [1.165, 1.54) is 11.3 Å². The summed E-state index contributed by atoms with van der Waals surface area (Å²) in [6.45, 7) is 0.302. The summed E-state index contributed by atoms with van der Waals surface area (Å²) in [7, 11) is 0. The number of rotatable bonds is 4. The van der Waals surface area contributed by atoms with E-state index in [4.69, 9.17) is 10.3 Å². The second kappa shape index (κ2) is 6.26. The molecule has 0 unspecified atom stereocenters. The Morgan fingerprint density at radius 3 is 3.05 bits per heavy atom. The van der Waals surface area contributed by atoms with Gasteiger partial charge in [0.1, 0.15) is 12.4 Å². The number of thiophene rings is 1. The van der Waals surface area contributed by atoms with E-state index in [9.17, 15) is 4.79 Å². The minimum atomic E-state index is -0.605. The standard InChI is InChI=1S/C15H10N4O2S/c16-19-18-15(20)14-7-12(9-22-14)21-8-11-6-5-10-3-1-2-4-13(10)17-11/h1-7,9H,8H2. The zero-order chi connectivity index (χ0) is 15.4. The Morgan fingerprint density at radius 1 is 1.32 bits per heavy atom. The molecule has 1 aromatic carbocycles. The molecule has 3 aromatic rings. The lowest BCUT2D eigenvalue weighted by molar-refractivity contribution is 0.100. The molecule has 7 heteroatoms. The van der Waals surface area contributed by atoms with Gasteiger partial charge in [-0.2, -0.15) is 0 Å². The molecule has 108 valence electrons. The molecule has 2 heterocycles. The molecular formula is C15H10N4O2S. The Morgan fingerprint density at radius 2 is 2.18 bits per heavy atom. The first-order chi connectivity index (χ1) is 10.8. The van der Waals surface area contributed by atoms with Crippen molar-refractivity contribution in [2.24, 2.45) is 5.11 Å². The lowest BCUT2D eigenvalue weighted by atomic mass is 10.2. The molecular weight excluding hydrogens is 300 g/mol. The molecule has 0 radical (unpaired) electrons. The van der Waals surface area contributed by atoms with E-state index in [-0.39, 0.29) is 0 Å². The molecule has 0 bridgehead atoms. The van der Waals surface area contributed by atoms with Gasteiger partial charge < -0.3 is 4.74 Å². The number of nitrogens with zero attached hydrogens (tertiary/aromatic N) is 4. The predicted octanol–water partition coefficient (Wildman–Crippen LogP) is 4.33. The number of aromatic nitrogens is 1. The molecule has 0 N–H and O–H groups in total. The van der Waals surface area contributed by atoms with Crippen LogP contribution in [-0.2, 0) is 6.61 Å². The largest absolute Gasteiger partial charge is 0.486 e. The number of azide groups is 1. The highest BCUT2D eigenvalue weighted by Gasteiger charge is 2.08. The number of carbonyl (C=O) groups excluding carboxylic acids is 1. The summed E-state index contributed by atoms with van der Waals surface area (Å²) in [6.07, 6.45) is 0. The monoisotopic (exact) mass is 310 g/mol. The van der Waals surface area contributed by atoms with E-state index in [0.717, 1.165) is 16.6 Å². The first kappa shape index (κ1) is 14.1. The van der Waals surface area contributed by atoms with Gasteiger partial charge in [-0.25, -0.2) is 4.98 Å². The van der Waals surface area contributed by atoms with Gasteiger partial charge in [-0.3, -0.25) is 4.79 Å². The number of hydrogen-bond acceptors (Lipinski definition) is 4. The summed E-state index contributed by atoms with van der Waals surface area (Å²) >= 11 is 1.18. The summed E-state index contributed by atoms with van der Waals surface area (Å²) in [6, 6.07) is 13.3. The normalized spacial score (nSPS) is 10.2. The highest BCUT2D eigenvalue weighted by atomic mass is 32.1. The minimum absolute atomic E-state index is 0.302. The number of para-hydroxylation sites is 1. The first-order valence-electron chi connectivity index (χ1n) is 6.42. The quantitative estimate of drug-likeness (QED) is 0.408. The number of carbonyl (C=O) groups is 1. The molecule has 0 spiro atoms. The zero-order valence-electron chi connectivity index (χ0n) is 11.3. The molecule has 2 aromatic heterocycles. The van der Waals surface area contributed by atoms with Crippen molar-refractivity contribution in [3.05, 3.63) is 68.9 Å².